The first-order valence-corrected chi connectivity index (χ1v) is 14.9. The highest BCUT2D eigenvalue weighted by Crippen LogP contribution is 2.33. The summed E-state index contributed by atoms with van der Waals surface area (Å²) in [5.41, 5.74) is 3.11. The first-order chi connectivity index (χ1) is 21.7. The number of piperidine rings is 1. The van der Waals surface area contributed by atoms with Crippen LogP contribution in [0.2, 0.25) is 0 Å². The molecule has 3 atom stereocenters. The molecule has 0 radical (unpaired) electrons. The fraction of sp³-hybridized carbons (Fsp3) is 0.371. The molecule has 0 aromatic heterocycles. The van der Waals surface area contributed by atoms with E-state index < -0.39 is 0 Å². The molecule has 0 aliphatic carbocycles. The van der Waals surface area contributed by atoms with Crippen molar-refractivity contribution in [2.45, 2.75) is 37.8 Å². The summed E-state index contributed by atoms with van der Waals surface area (Å²) in [4.78, 5) is 4.25. The molecule has 44 heavy (non-hydrogen) atoms. The molecule has 0 saturated carbocycles. The van der Waals surface area contributed by atoms with Crippen LogP contribution >= 0.6 is 0 Å². The summed E-state index contributed by atoms with van der Waals surface area (Å²) in [5.74, 6) is 2.34. The fourth-order valence-electron chi connectivity index (χ4n) is 5.67. The smallest absolute Gasteiger partial charge is 0.180 e. The molecule has 9 nitrogen and oxygen atoms in total. The van der Waals surface area contributed by atoms with Crippen molar-refractivity contribution in [3.63, 3.8) is 0 Å². The van der Waals surface area contributed by atoms with Crippen molar-refractivity contribution in [2.24, 2.45) is 0 Å². The van der Waals surface area contributed by atoms with Gasteiger partial charge in [-0.15, -0.1) is 0 Å². The highest BCUT2D eigenvalue weighted by Gasteiger charge is 2.36. The summed E-state index contributed by atoms with van der Waals surface area (Å²) >= 11 is 0. The van der Waals surface area contributed by atoms with Gasteiger partial charge in [-0.25, -0.2) is 10.1 Å². The minimum absolute atomic E-state index is 0.0915. The Bertz CT molecular complexity index is 1450. The SMILES string of the molecule is COc1ccccc1COCCCOc1ccc([C@@H]2[C@@H](OCc3cc(OC)c4ccccc4c3)CNC[C@H]2OCOO)cc1. The van der Waals surface area contributed by atoms with E-state index in [4.69, 9.17) is 33.7 Å². The number of methoxy groups -OCH3 is 2. The van der Waals surface area contributed by atoms with Crippen molar-refractivity contribution in [3.05, 3.63) is 102 Å². The van der Waals surface area contributed by atoms with Crippen LogP contribution in [-0.4, -0.2) is 64.8 Å². The van der Waals surface area contributed by atoms with Gasteiger partial charge in [0.1, 0.15) is 17.2 Å². The molecule has 5 rings (SSSR count). The lowest BCUT2D eigenvalue weighted by Crippen LogP contribution is -2.50. The van der Waals surface area contributed by atoms with Crippen LogP contribution in [0.15, 0.2) is 84.9 Å². The highest BCUT2D eigenvalue weighted by molar-refractivity contribution is 5.89. The largest absolute Gasteiger partial charge is 0.496 e. The lowest BCUT2D eigenvalue weighted by molar-refractivity contribution is -0.306. The van der Waals surface area contributed by atoms with Gasteiger partial charge in [-0.3, -0.25) is 0 Å². The molecule has 234 valence electrons. The predicted molar refractivity (Wildman–Crippen MR) is 167 cm³/mol. The van der Waals surface area contributed by atoms with Crippen LogP contribution < -0.4 is 19.5 Å². The number of benzene rings is 4. The molecule has 1 saturated heterocycles. The van der Waals surface area contributed by atoms with Crippen LogP contribution in [0.5, 0.6) is 17.2 Å². The third kappa shape index (κ3) is 8.26. The van der Waals surface area contributed by atoms with Gasteiger partial charge < -0.3 is 33.7 Å². The second kappa shape index (κ2) is 16.4. The second-order valence-corrected chi connectivity index (χ2v) is 10.6. The average Bonchev–Trinajstić information content (AvgIpc) is 3.08. The van der Waals surface area contributed by atoms with Crippen LogP contribution in [0.25, 0.3) is 10.8 Å². The molecule has 1 fully saturated rings. The minimum atomic E-state index is -0.265. The van der Waals surface area contributed by atoms with Crippen LogP contribution in [0.4, 0.5) is 0 Å². The lowest BCUT2D eigenvalue weighted by Gasteiger charge is -2.38. The molecule has 4 aromatic rings. The molecular formula is C35H41NO8. The standard InChI is InChI=1S/C35H41NO8/c1-38-31-11-6-4-9-28(31)23-40-16-7-17-41-29-14-12-26(13-15-29)35-33(20-36-21-34(35)43-24-44-37)42-22-25-18-27-8-3-5-10-30(27)32(19-25)39-2/h3-6,8-15,18-19,33-37H,7,16-17,20-24H2,1-2H3/t33-,34+,35+/m0/s1. The highest BCUT2D eigenvalue weighted by atomic mass is 17.1. The maximum absolute atomic E-state index is 8.94. The van der Waals surface area contributed by atoms with Gasteiger partial charge in [0.05, 0.1) is 52.9 Å². The van der Waals surface area contributed by atoms with E-state index in [2.05, 4.69) is 40.5 Å². The van der Waals surface area contributed by atoms with Gasteiger partial charge in [-0.2, -0.15) is 0 Å². The number of nitrogens with one attached hydrogen (secondary N) is 1. The Morgan fingerprint density at radius 2 is 1.52 bits per heavy atom. The van der Waals surface area contributed by atoms with Gasteiger partial charge in [0.2, 0.25) is 0 Å². The summed E-state index contributed by atoms with van der Waals surface area (Å²) in [6, 6.07) is 28.2. The second-order valence-electron chi connectivity index (χ2n) is 10.6. The van der Waals surface area contributed by atoms with Crippen LogP contribution in [0, 0.1) is 0 Å². The zero-order valence-electron chi connectivity index (χ0n) is 25.3. The van der Waals surface area contributed by atoms with Gasteiger partial charge in [0.25, 0.3) is 0 Å². The van der Waals surface area contributed by atoms with Crippen molar-refractivity contribution in [3.8, 4) is 17.2 Å². The van der Waals surface area contributed by atoms with Gasteiger partial charge >= 0.3 is 0 Å². The number of para-hydroxylation sites is 1. The maximum Gasteiger partial charge on any atom is 0.180 e. The Kier molecular flexibility index (Phi) is 11.8. The first kappa shape index (κ1) is 31.7. The van der Waals surface area contributed by atoms with Gasteiger partial charge in [-0.05, 0) is 46.8 Å². The molecule has 0 bridgehead atoms. The van der Waals surface area contributed by atoms with Crippen LogP contribution in [-0.2, 0) is 32.3 Å². The number of fused-ring (bicyclic) bond motifs is 1. The summed E-state index contributed by atoms with van der Waals surface area (Å²) < 4.78 is 35.2. The Balaban J connectivity index is 1.18. The van der Waals surface area contributed by atoms with E-state index in [1.165, 1.54) is 0 Å². The van der Waals surface area contributed by atoms with Gasteiger partial charge in [0.15, 0.2) is 6.79 Å². The summed E-state index contributed by atoms with van der Waals surface area (Å²) in [7, 11) is 3.35. The molecule has 0 spiro atoms. The van der Waals surface area contributed by atoms with Crippen molar-refractivity contribution in [2.75, 3.05) is 47.3 Å². The minimum Gasteiger partial charge on any atom is -0.496 e. The molecule has 1 aliphatic heterocycles. The zero-order chi connectivity index (χ0) is 30.6. The number of rotatable bonds is 16. The zero-order valence-corrected chi connectivity index (χ0v) is 25.3. The van der Waals surface area contributed by atoms with Gasteiger partial charge in [0, 0.05) is 36.4 Å². The predicted octanol–water partition coefficient (Wildman–Crippen LogP) is 5.95. The number of hydrogen-bond acceptors (Lipinski definition) is 9. The monoisotopic (exact) mass is 603 g/mol. The fourth-order valence-corrected chi connectivity index (χ4v) is 5.67. The number of ether oxygens (including phenoxy) is 6. The Morgan fingerprint density at radius 3 is 2.32 bits per heavy atom. The van der Waals surface area contributed by atoms with Crippen LogP contribution in [0.3, 0.4) is 0 Å². The van der Waals surface area contributed by atoms with E-state index in [9.17, 15) is 0 Å². The topological polar surface area (TPSA) is 96.9 Å². The van der Waals surface area contributed by atoms with Gasteiger partial charge in [-0.1, -0.05) is 54.6 Å². The molecule has 4 aromatic carbocycles. The molecule has 0 amide bonds. The Hall–Kier alpha value is -3.70. The maximum atomic E-state index is 8.94. The molecule has 1 aliphatic rings. The molecule has 0 unspecified atom stereocenters. The average molecular weight is 604 g/mol. The molecule has 1 heterocycles. The third-order valence-corrected chi connectivity index (χ3v) is 7.81. The molecular weight excluding hydrogens is 562 g/mol. The van der Waals surface area contributed by atoms with E-state index in [0.29, 0.717) is 39.5 Å². The number of hydrogen-bond donors (Lipinski definition) is 2. The van der Waals surface area contributed by atoms with Crippen molar-refractivity contribution < 1.29 is 38.6 Å². The van der Waals surface area contributed by atoms with Crippen molar-refractivity contribution in [1.82, 2.24) is 5.32 Å². The summed E-state index contributed by atoms with van der Waals surface area (Å²) in [5, 5.41) is 14.5. The quantitative estimate of drug-likeness (QED) is 0.0697. The normalized spacial score (nSPS) is 18.3. The van der Waals surface area contributed by atoms with E-state index in [1.807, 2.05) is 54.6 Å². The van der Waals surface area contributed by atoms with E-state index in [1.54, 1.807) is 14.2 Å². The molecule has 9 heteroatoms. The first-order valence-electron chi connectivity index (χ1n) is 14.9. The summed E-state index contributed by atoms with van der Waals surface area (Å²) in [6.45, 7) is 3.06. The lowest BCUT2D eigenvalue weighted by atomic mass is 9.85. The van der Waals surface area contributed by atoms with E-state index >= 15 is 0 Å². The van der Waals surface area contributed by atoms with E-state index in [-0.39, 0.29) is 24.9 Å². The molecule has 2 N–H and O–H groups in total. The van der Waals surface area contributed by atoms with Crippen molar-refractivity contribution >= 4 is 10.8 Å². The van der Waals surface area contributed by atoms with Crippen molar-refractivity contribution in [1.29, 1.82) is 0 Å². The third-order valence-electron chi connectivity index (χ3n) is 7.81. The van der Waals surface area contributed by atoms with Crippen LogP contribution in [0.1, 0.15) is 29.0 Å². The summed E-state index contributed by atoms with van der Waals surface area (Å²) in [6.07, 6.45) is 0.314. The Labute approximate surface area is 258 Å². The Morgan fingerprint density at radius 1 is 0.773 bits per heavy atom. The van der Waals surface area contributed by atoms with E-state index in [0.717, 1.165) is 51.1 Å².